The van der Waals surface area contributed by atoms with Crippen LogP contribution in [0.4, 0.5) is 5.69 Å². The van der Waals surface area contributed by atoms with E-state index in [0.717, 1.165) is 23.8 Å². The molecule has 0 fully saturated rings. The number of nitrogens with zero attached hydrogens (tertiary/aromatic N) is 3. The van der Waals surface area contributed by atoms with Crippen molar-refractivity contribution >= 4 is 5.69 Å². The number of anilines is 1. The highest BCUT2D eigenvalue weighted by Crippen LogP contribution is 2.21. The molecule has 1 atom stereocenters. The van der Waals surface area contributed by atoms with Crippen molar-refractivity contribution in [3.05, 3.63) is 17.7 Å². The Morgan fingerprint density at radius 2 is 2.05 bits per heavy atom. The number of rotatable bonds is 7. The zero-order valence-corrected chi connectivity index (χ0v) is 12.9. The van der Waals surface area contributed by atoms with Crippen LogP contribution < -0.4 is 10.2 Å². The van der Waals surface area contributed by atoms with E-state index in [4.69, 9.17) is 4.74 Å². The van der Waals surface area contributed by atoms with Crippen molar-refractivity contribution in [2.75, 3.05) is 32.7 Å². The Hall–Kier alpha value is -1.20. The summed E-state index contributed by atoms with van der Waals surface area (Å²) < 4.78 is 5.21. The lowest BCUT2D eigenvalue weighted by atomic mass is 10.2. The van der Waals surface area contributed by atoms with Crippen LogP contribution in [-0.2, 0) is 11.3 Å². The lowest BCUT2D eigenvalue weighted by molar-refractivity contribution is 0.183. The minimum Gasteiger partial charge on any atom is -0.383 e. The first-order chi connectivity index (χ1) is 9.01. The van der Waals surface area contributed by atoms with Crippen molar-refractivity contribution in [2.24, 2.45) is 0 Å². The van der Waals surface area contributed by atoms with E-state index in [1.807, 2.05) is 13.2 Å². The molecule has 1 unspecified atom stereocenters. The second kappa shape index (κ2) is 7.40. The van der Waals surface area contributed by atoms with E-state index < -0.39 is 0 Å². The Morgan fingerprint density at radius 3 is 2.58 bits per heavy atom. The zero-order chi connectivity index (χ0) is 14.4. The summed E-state index contributed by atoms with van der Waals surface area (Å²) in [5, 5.41) is 3.17. The summed E-state index contributed by atoms with van der Waals surface area (Å²) in [6.45, 7) is 7.76. The first-order valence-corrected chi connectivity index (χ1v) is 6.73. The first kappa shape index (κ1) is 15.9. The maximum atomic E-state index is 5.21. The summed E-state index contributed by atoms with van der Waals surface area (Å²) >= 11 is 0. The molecule has 0 aliphatic carbocycles. The van der Waals surface area contributed by atoms with Gasteiger partial charge in [-0.05, 0) is 14.0 Å². The van der Waals surface area contributed by atoms with Crippen molar-refractivity contribution in [1.82, 2.24) is 15.3 Å². The van der Waals surface area contributed by atoms with E-state index in [1.165, 1.54) is 0 Å². The molecule has 0 aromatic carbocycles. The van der Waals surface area contributed by atoms with Crippen LogP contribution in [-0.4, -0.2) is 43.8 Å². The predicted octanol–water partition coefficient (Wildman–Crippen LogP) is 1.79. The highest BCUT2D eigenvalue weighted by molar-refractivity contribution is 5.49. The molecule has 0 saturated heterocycles. The van der Waals surface area contributed by atoms with E-state index in [0.29, 0.717) is 12.5 Å². The molecule has 0 amide bonds. The maximum Gasteiger partial charge on any atom is 0.131 e. The Labute approximate surface area is 116 Å². The normalized spacial score (nSPS) is 12.8. The maximum absolute atomic E-state index is 5.21. The molecule has 0 radical (unpaired) electrons. The van der Waals surface area contributed by atoms with Gasteiger partial charge in [-0.3, -0.25) is 0 Å². The number of hydrogen-bond donors (Lipinski definition) is 1. The Bertz CT molecular complexity index is 395. The topological polar surface area (TPSA) is 50.3 Å². The first-order valence-electron chi connectivity index (χ1n) is 6.73. The average molecular weight is 266 g/mol. The van der Waals surface area contributed by atoms with Crippen LogP contribution in [0.2, 0.25) is 0 Å². The number of ether oxygens (including phenoxy) is 1. The molecule has 0 aliphatic rings. The second-order valence-electron chi connectivity index (χ2n) is 5.16. The van der Waals surface area contributed by atoms with Crippen molar-refractivity contribution < 1.29 is 4.74 Å². The molecule has 0 aliphatic heterocycles. The summed E-state index contributed by atoms with van der Waals surface area (Å²) in [4.78, 5) is 11.3. The standard InChI is InChI=1S/C14H26N4O/c1-10(2)14-16-8-13(12(17-14)7-15-4)18(5)11(3)9-19-6/h8,10-11,15H,7,9H2,1-6H3. The van der Waals surface area contributed by atoms with Crippen LogP contribution in [0.25, 0.3) is 0 Å². The smallest absolute Gasteiger partial charge is 0.131 e. The van der Waals surface area contributed by atoms with Crippen LogP contribution in [0.3, 0.4) is 0 Å². The van der Waals surface area contributed by atoms with Crippen LogP contribution >= 0.6 is 0 Å². The molecule has 1 aromatic rings. The molecule has 1 rings (SSSR count). The molecule has 1 heterocycles. The molecule has 0 bridgehead atoms. The molecular formula is C14H26N4O. The molecular weight excluding hydrogens is 240 g/mol. The van der Waals surface area contributed by atoms with Crippen LogP contribution in [0, 0.1) is 0 Å². The number of hydrogen-bond acceptors (Lipinski definition) is 5. The number of methoxy groups -OCH3 is 1. The highest BCUT2D eigenvalue weighted by atomic mass is 16.5. The average Bonchev–Trinajstić information content (AvgIpc) is 2.38. The Balaban J connectivity index is 3.04. The number of nitrogens with one attached hydrogen (secondary N) is 1. The van der Waals surface area contributed by atoms with Crippen LogP contribution in [0.15, 0.2) is 6.20 Å². The molecule has 0 spiro atoms. The monoisotopic (exact) mass is 266 g/mol. The van der Waals surface area contributed by atoms with E-state index in [-0.39, 0.29) is 6.04 Å². The zero-order valence-electron chi connectivity index (χ0n) is 12.9. The summed E-state index contributed by atoms with van der Waals surface area (Å²) in [7, 11) is 5.70. The molecule has 5 nitrogen and oxygen atoms in total. The van der Waals surface area contributed by atoms with Gasteiger partial charge in [0.05, 0.1) is 24.2 Å². The molecule has 5 heteroatoms. The third-order valence-corrected chi connectivity index (χ3v) is 3.17. The van der Waals surface area contributed by atoms with Crippen molar-refractivity contribution in [1.29, 1.82) is 0 Å². The van der Waals surface area contributed by atoms with Gasteiger partial charge in [-0.25, -0.2) is 9.97 Å². The van der Waals surface area contributed by atoms with Gasteiger partial charge in [0, 0.05) is 32.7 Å². The van der Waals surface area contributed by atoms with Gasteiger partial charge in [0.1, 0.15) is 5.82 Å². The van der Waals surface area contributed by atoms with Gasteiger partial charge in [-0.1, -0.05) is 13.8 Å². The van der Waals surface area contributed by atoms with Gasteiger partial charge < -0.3 is 15.0 Å². The molecule has 1 N–H and O–H groups in total. The van der Waals surface area contributed by atoms with Crippen molar-refractivity contribution in [2.45, 2.75) is 39.3 Å². The lowest BCUT2D eigenvalue weighted by Gasteiger charge is -2.28. The summed E-state index contributed by atoms with van der Waals surface area (Å²) in [5.74, 6) is 1.23. The molecule has 0 saturated carbocycles. The van der Waals surface area contributed by atoms with Gasteiger partial charge in [0.15, 0.2) is 0 Å². The SMILES string of the molecule is CNCc1nc(C(C)C)ncc1N(C)C(C)COC. The van der Waals surface area contributed by atoms with Gasteiger partial charge >= 0.3 is 0 Å². The van der Waals surface area contributed by atoms with E-state index in [1.54, 1.807) is 7.11 Å². The third kappa shape index (κ3) is 4.14. The summed E-state index contributed by atoms with van der Waals surface area (Å²) in [6, 6.07) is 0.286. The summed E-state index contributed by atoms with van der Waals surface area (Å²) in [5.41, 5.74) is 2.09. The quantitative estimate of drug-likeness (QED) is 0.815. The minimum absolute atomic E-state index is 0.286. The van der Waals surface area contributed by atoms with Crippen molar-refractivity contribution in [3.8, 4) is 0 Å². The Morgan fingerprint density at radius 1 is 1.37 bits per heavy atom. The van der Waals surface area contributed by atoms with Gasteiger partial charge in [0.2, 0.25) is 0 Å². The Kier molecular flexibility index (Phi) is 6.18. The third-order valence-electron chi connectivity index (χ3n) is 3.17. The van der Waals surface area contributed by atoms with Gasteiger partial charge in [-0.15, -0.1) is 0 Å². The predicted molar refractivity (Wildman–Crippen MR) is 78.6 cm³/mol. The second-order valence-corrected chi connectivity index (χ2v) is 5.16. The molecule has 1 aromatic heterocycles. The number of aromatic nitrogens is 2. The van der Waals surface area contributed by atoms with E-state index in [2.05, 4.69) is 48.0 Å². The fraction of sp³-hybridized carbons (Fsp3) is 0.714. The van der Waals surface area contributed by atoms with Crippen molar-refractivity contribution in [3.63, 3.8) is 0 Å². The highest BCUT2D eigenvalue weighted by Gasteiger charge is 2.16. The fourth-order valence-corrected chi connectivity index (χ4v) is 1.89. The van der Waals surface area contributed by atoms with Crippen LogP contribution in [0.5, 0.6) is 0 Å². The van der Waals surface area contributed by atoms with Crippen LogP contribution in [0.1, 0.15) is 38.2 Å². The van der Waals surface area contributed by atoms with Gasteiger partial charge in [0.25, 0.3) is 0 Å². The molecule has 108 valence electrons. The molecule has 19 heavy (non-hydrogen) atoms. The minimum atomic E-state index is 0.286. The summed E-state index contributed by atoms with van der Waals surface area (Å²) in [6.07, 6.45) is 1.92. The largest absolute Gasteiger partial charge is 0.383 e. The number of likely N-dealkylation sites (N-methyl/N-ethyl adjacent to an activating group) is 1. The fourth-order valence-electron chi connectivity index (χ4n) is 1.89. The lowest BCUT2D eigenvalue weighted by Crippen LogP contribution is -2.34. The van der Waals surface area contributed by atoms with E-state index in [9.17, 15) is 0 Å². The van der Waals surface area contributed by atoms with Gasteiger partial charge in [-0.2, -0.15) is 0 Å². The van der Waals surface area contributed by atoms with E-state index >= 15 is 0 Å².